The largest absolute Gasteiger partial charge is 0.478 e. The second-order valence-corrected chi connectivity index (χ2v) is 2.23. The normalized spacial score (nSPS) is 8.91. The molecule has 0 spiro atoms. The van der Waals surface area contributed by atoms with Gasteiger partial charge in [-0.15, -0.1) is 0 Å². The quantitative estimate of drug-likeness (QED) is 0.498. The molecule has 0 aliphatic rings. The van der Waals surface area contributed by atoms with Crippen LogP contribution in [-0.2, 0) is 4.79 Å². The molecule has 1 N–H and O–H groups in total. The highest BCUT2D eigenvalue weighted by Gasteiger charge is 2.06. The number of carboxylic acids is 1. The van der Waals surface area contributed by atoms with Crippen molar-refractivity contribution in [1.29, 1.82) is 0 Å². The van der Waals surface area contributed by atoms with Gasteiger partial charge >= 0.3 is 5.97 Å². The van der Waals surface area contributed by atoms with Crippen LogP contribution in [0.4, 0.5) is 0 Å². The summed E-state index contributed by atoms with van der Waals surface area (Å²) in [5.74, 6) is -0.876. The zero-order valence-electron chi connectivity index (χ0n) is 7.05. The summed E-state index contributed by atoms with van der Waals surface area (Å²) >= 11 is 0. The predicted molar refractivity (Wildman–Crippen MR) is 45.4 cm³/mol. The molecule has 0 aliphatic carbocycles. The van der Waals surface area contributed by atoms with Crippen LogP contribution in [0.25, 0.3) is 0 Å². The lowest BCUT2D eigenvalue weighted by Gasteiger charge is -2.03. The highest BCUT2D eigenvalue weighted by atomic mass is 16.4. The van der Waals surface area contributed by atoms with Gasteiger partial charge in [-0.05, 0) is 12.8 Å². The van der Waals surface area contributed by atoms with Crippen molar-refractivity contribution in [1.82, 2.24) is 0 Å². The first-order valence-corrected chi connectivity index (χ1v) is 3.75. The molecular formula is C9H14O2. The molecule has 0 rings (SSSR count). The fraction of sp³-hybridized carbons (Fsp3) is 0.444. The van der Waals surface area contributed by atoms with Crippen molar-refractivity contribution in [3.05, 3.63) is 23.8 Å². The van der Waals surface area contributed by atoms with Crippen LogP contribution in [0.2, 0.25) is 0 Å². The van der Waals surface area contributed by atoms with E-state index in [1.807, 2.05) is 13.8 Å². The summed E-state index contributed by atoms with van der Waals surface area (Å²) in [5, 5.41) is 8.68. The molecule has 0 atom stereocenters. The molecule has 62 valence electrons. The summed E-state index contributed by atoms with van der Waals surface area (Å²) in [6.45, 7) is 7.36. The maximum Gasteiger partial charge on any atom is 0.335 e. The van der Waals surface area contributed by atoms with Gasteiger partial charge in [0.2, 0.25) is 0 Å². The average molecular weight is 154 g/mol. The maximum absolute atomic E-state index is 10.6. The SMILES string of the molecule is C=CC(C(=O)O)=C(CC)CC. The van der Waals surface area contributed by atoms with Crippen molar-refractivity contribution < 1.29 is 9.90 Å². The minimum absolute atomic E-state index is 0.356. The van der Waals surface area contributed by atoms with Crippen molar-refractivity contribution in [3.8, 4) is 0 Å². The third-order valence-corrected chi connectivity index (χ3v) is 1.67. The molecule has 0 aliphatic heterocycles. The first-order chi connectivity index (χ1) is 5.17. The fourth-order valence-electron chi connectivity index (χ4n) is 1.01. The lowest BCUT2D eigenvalue weighted by atomic mass is 10.0. The van der Waals surface area contributed by atoms with Crippen molar-refractivity contribution in [2.75, 3.05) is 0 Å². The summed E-state index contributed by atoms with van der Waals surface area (Å²) in [4.78, 5) is 10.6. The first kappa shape index (κ1) is 9.95. The van der Waals surface area contributed by atoms with Crippen LogP contribution < -0.4 is 0 Å². The Hall–Kier alpha value is -1.05. The molecule has 0 saturated carbocycles. The van der Waals surface area contributed by atoms with E-state index in [0.717, 1.165) is 18.4 Å². The second kappa shape index (κ2) is 4.72. The minimum atomic E-state index is -0.876. The molecule has 0 heterocycles. The van der Waals surface area contributed by atoms with Crippen molar-refractivity contribution in [2.45, 2.75) is 26.7 Å². The van der Waals surface area contributed by atoms with Crippen molar-refractivity contribution in [3.63, 3.8) is 0 Å². The summed E-state index contributed by atoms with van der Waals surface area (Å²) in [7, 11) is 0. The van der Waals surface area contributed by atoms with Gasteiger partial charge in [0.25, 0.3) is 0 Å². The van der Waals surface area contributed by atoms with E-state index in [0.29, 0.717) is 5.57 Å². The van der Waals surface area contributed by atoms with Gasteiger partial charge in [0, 0.05) is 0 Å². The first-order valence-electron chi connectivity index (χ1n) is 3.75. The number of carboxylic acid groups (broad SMARTS) is 1. The Labute approximate surface area is 67.2 Å². The van der Waals surface area contributed by atoms with Crippen LogP contribution in [0, 0.1) is 0 Å². The van der Waals surface area contributed by atoms with Crippen LogP contribution in [0.3, 0.4) is 0 Å². The fourth-order valence-corrected chi connectivity index (χ4v) is 1.01. The van der Waals surface area contributed by atoms with Gasteiger partial charge in [-0.1, -0.05) is 32.1 Å². The maximum atomic E-state index is 10.6. The Morgan fingerprint density at radius 2 is 1.91 bits per heavy atom. The number of hydrogen-bond donors (Lipinski definition) is 1. The van der Waals surface area contributed by atoms with Crippen LogP contribution in [0.5, 0.6) is 0 Å². The molecule has 0 unspecified atom stereocenters. The van der Waals surface area contributed by atoms with Crippen LogP contribution in [0.15, 0.2) is 23.8 Å². The van der Waals surface area contributed by atoms with Gasteiger partial charge in [-0.3, -0.25) is 0 Å². The monoisotopic (exact) mass is 154 g/mol. The average Bonchev–Trinajstić information content (AvgIpc) is 1.99. The summed E-state index contributed by atoms with van der Waals surface area (Å²) in [5.41, 5.74) is 1.31. The Balaban J connectivity index is 4.77. The van der Waals surface area contributed by atoms with Crippen LogP contribution >= 0.6 is 0 Å². The van der Waals surface area contributed by atoms with Crippen LogP contribution in [0.1, 0.15) is 26.7 Å². The van der Waals surface area contributed by atoms with E-state index in [2.05, 4.69) is 6.58 Å². The summed E-state index contributed by atoms with van der Waals surface area (Å²) in [6, 6.07) is 0. The van der Waals surface area contributed by atoms with E-state index < -0.39 is 5.97 Å². The lowest BCUT2D eigenvalue weighted by molar-refractivity contribution is -0.132. The zero-order valence-corrected chi connectivity index (χ0v) is 7.05. The molecule has 0 saturated heterocycles. The van der Waals surface area contributed by atoms with E-state index >= 15 is 0 Å². The molecule has 0 radical (unpaired) electrons. The molecule has 0 aromatic carbocycles. The highest BCUT2D eigenvalue weighted by Crippen LogP contribution is 2.13. The van der Waals surface area contributed by atoms with Gasteiger partial charge in [0.05, 0.1) is 5.57 Å². The smallest absolute Gasteiger partial charge is 0.335 e. The third-order valence-electron chi connectivity index (χ3n) is 1.67. The summed E-state index contributed by atoms with van der Waals surface area (Å²) in [6.07, 6.45) is 2.97. The molecule has 0 aromatic rings. The van der Waals surface area contributed by atoms with Crippen molar-refractivity contribution >= 4 is 5.97 Å². The minimum Gasteiger partial charge on any atom is -0.478 e. The Bertz CT molecular complexity index is 184. The molecule has 0 bridgehead atoms. The standard InChI is InChI=1S/C9H14O2/c1-4-7(5-2)8(6-3)9(10)11/h6H,3-5H2,1-2H3,(H,10,11). The predicted octanol–water partition coefficient (Wildman–Crippen LogP) is 2.37. The molecule has 0 aromatic heterocycles. The molecule has 2 heteroatoms. The number of hydrogen-bond acceptors (Lipinski definition) is 1. The second-order valence-electron chi connectivity index (χ2n) is 2.23. The molecule has 0 amide bonds. The van der Waals surface area contributed by atoms with Gasteiger partial charge < -0.3 is 5.11 Å². The Morgan fingerprint density at radius 1 is 1.45 bits per heavy atom. The van der Waals surface area contributed by atoms with E-state index in [9.17, 15) is 4.79 Å². The van der Waals surface area contributed by atoms with Gasteiger partial charge in [0.1, 0.15) is 0 Å². The Morgan fingerprint density at radius 3 is 2.00 bits per heavy atom. The van der Waals surface area contributed by atoms with Gasteiger partial charge in [0.15, 0.2) is 0 Å². The van der Waals surface area contributed by atoms with Gasteiger partial charge in [-0.2, -0.15) is 0 Å². The highest BCUT2D eigenvalue weighted by molar-refractivity contribution is 5.90. The summed E-state index contributed by atoms with van der Waals surface area (Å²) < 4.78 is 0. The molecule has 2 nitrogen and oxygen atoms in total. The topological polar surface area (TPSA) is 37.3 Å². The molecule has 0 fully saturated rings. The van der Waals surface area contributed by atoms with Crippen molar-refractivity contribution in [2.24, 2.45) is 0 Å². The van der Waals surface area contributed by atoms with E-state index in [4.69, 9.17) is 5.11 Å². The zero-order chi connectivity index (χ0) is 8.85. The number of aliphatic carboxylic acids is 1. The van der Waals surface area contributed by atoms with E-state index in [1.165, 1.54) is 6.08 Å². The Kier molecular flexibility index (Phi) is 4.27. The van der Waals surface area contributed by atoms with Crippen LogP contribution in [-0.4, -0.2) is 11.1 Å². The van der Waals surface area contributed by atoms with E-state index in [-0.39, 0.29) is 0 Å². The third kappa shape index (κ3) is 2.58. The molecular weight excluding hydrogens is 140 g/mol. The lowest BCUT2D eigenvalue weighted by Crippen LogP contribution is -2.01. The molecule has 11 heavy (non-hydrogen) atoms. The van der Waals surface area contributed by atoms with E-state index in [1.54, 1.807) is 0 Å². The number of carbonyl (C=O) groups is 1. The number of rotatable bonds is 4. The number of allylic oxidation sites excluding steroid dienone is 1. The van der Waals surface area contributed by atoms with Gasteiger partial charge in [-0.25, -0.2) is 4.79 Å².